The largest absolute Gasteiger partial charge is 0.481 e. The van der Waals surface area contributed by atoms with Gasteiger partial charge in [0.25, 0.3) is 0 Å². The molecule has 2 amide bonds. The molecule has 1 aliphatic carbocycles. The van der Waals surface area contributed by atoms with E-state index in [1.807, 2.05) is 0 Å². The molecule has 2 rings (SSSR count). The van der Waals surface area contributed by atoms with E-state index in [9.17, 15) is 9.59 Å². The summed E-state index contributed by atoms with van der Waals surface area (Å²) in [5.41, 5.74) is -0.929. The first kappa shape index (κ1) is 16.1. The van der Waals surface area contributed by atoms with Crippen LogP contribution in [-0.2, 0) is 4.79 Å². The molecule has 1 heterocycles. The van der Waals surface area contributed by atoms with Crippen LogP contribution < -0.4 is 5.32 Å². The van der Waals surface area contributed by atoms with Crippen molar-refractivity contribution in [1.29, 1.82) is 0 Å². The van der Waals surface area contributed by atoms with Gasteiger partial charge in [-0.3, -0.25) is 9.69 Å². The zero-order chi connectivity index (χ0) is 15.5. The number of carboxylic acids is 1. The van der Waals surface area contributed by atoms with Crippen LogP contribution in [0.1, 0.15) is 39.5 Å². The van der Waals surface area contributed by atoms with Crippen LogP contribution in [0.5, 0.6) is 0 Å². The Morgan fingerprint density at radius 1 is 1.14 bits per heavy atom. The maximum absolute atomic E-state index is 12.1. The van der Waals surface area contributed by atoms with Crippen LogP contribution >= 0.6 is 0 Å². The third kappa shape index (κ3) is 4.09. The topological polar surface area (TPSA) is 72.9 Å². The third-order valence-electron chi connectivity index (χ3n) is 4.70. The van der Waals surface area contributed by atoms with Crippen molar-refractivity contribution in [2.75, 3.05) is 32.7 Å². The number of nitrogens with zero attached hydrogens (tertiary/aromatic N) is 2. The smallest absolute Gasteiger partial charge is 0.317 e. The number of carbonyl (C=O) groups excluding carboxylic acids is 1. The van der Waals surface area contributed by atoms with E-state index in [0.29, 0.717) is 6.04 Å². The second-order valence-electron chi connectivity index (χ2n) is 6.81. The number of carbonyl (C=O) groups is 2. The highest BCUT2D eigenvalue weighted by atomic mass is 16.4. The highest BCUT2D eigenvalue weighted by Crippen LogP contribution is 2.24. The van der Waals surface area contributed by atoms with Crippen molar-refractivity contribution in [3.8, 4) is 0 Å². The van der Waals surface area contributed by atoms with Crippen LogP contribution in [0.15, 0.2) is 0 Å². The van der Waals surface area contributed by atoms with E-state index in [1.165, 1.54) is 25.7 Å². The summed E-state index contributed by atoms with van der Waals surface area (Å²) in [6, 6.07) is 0.566. The molecule has 0 radical (unpaired) electrons. The molecule has 0 spiro atoms. The standard InChI is InChI=1S/C15H27N3O3/c1-15(2,13(19)20)11-16-14(21)18-9-7-17(8-10-18)12-5-3-4-6-12/h12H,3-11H2,1-2H3,(H,16,21)(H,19,20). The van der Waals surface area contributed by atoms with E-state index in [4.69, 9.17) is 5.11 Å². The van der Waals surface area contributed by atoms with Gasteiger partial charge in [0.1, 0.15) is 0 Å². The van der Waals surface area contributed by atoms with Crippen LogP contribution in [0.3, 0.4) is 0 Å². The zero-order valence-electron chi connectivity index (χ0n) is 13.1. The fourth-order valence-corrected chi connectivity index (χ4v) is 3.04. The summed E-state index contributed by atoms with van der Waals surface area (Å²) in [5.74, 6) is -0.895. The lowest BCUT2D eigenvalue weighted by Crippen LogP contribution is -2.54. The van der Waals surface area contributed by atoms with E-state index in [1.54, 1.807) is 18.7 Å². The van der Waals surface area contributed by atoms with Crippen molar-refractivity contribution in [1.82, 2.24) is 15.1 Å². The number of urea groups is 1. The minimum Gasteiger partial charge on any atom is -0.481 e. The Kier molecular flexibility index (Phi) is 5.08. The average Bonchev–Trinajstić information content (AvgIpc) is 2.99. The molecule has 0 aromatic carbocycles. The van der Waals surface area contributed by atoms with E-state index in [2.05, 4.69) is 10.2 Å². The number of rotatable bonds is 4. The monoisotopic (exact) mass is 297 g/mol. The summed E-state index contributed by atoms with van der Waals surface area (Å²) >= 11 is 0. The molecule has 120 valence electrons. The molecular formula is C15H27N3O3. The predicted molar refractivity (Wildman–Crippen MR) is 80.2 cm³/mol. The lowest BCUT2D eigenvalue weighted by molar-refractivity contribution is -0.146. The summed E-state index contributed by atoms with van der Waals surface area (Å²) in [7, 11) is 0. The van der Waals surface area contributed by atoms with Crippen molar-refractivity contribution < 1.29 is 14.7 Å². The maximum Gasteiger partial charge on any atom is 0.317 e. The van der Waals surface area contributed by atoms with Crippen LogP contribution in [0.4, 0.5) is 4.79 Å². The van der Waals surface area contributed by atoms with Crippen molar-refractivity contribution in [3.63, 3.8) is 0 Å². The first-order valence-corrected chi connectivity index (χ1v) is 7.90. The Morgan fingerprint density at radius 2 is 1.71 bits per heavy atom. The molecule has 0 unspecified atom stereocenters. The van der Waals surface area contributed by atoms with Crippen LogP contribution in [0.2, 0.25) is 0 Å². The number of aliphatic carboxylic acids is 1. The van der Waals surface area contributed by atoms with Gasteiger partial charge in [-0.2, -0.15) is 0 Å². The second-order valence-corrected chi connectivity index (χ2v) is 6.81. The summed E-state index contributed by atoms with van der Waals surface area (Å²) in [6.45, 7) is 6.72. The molecule has 21 heavy (non-hydrogen) atoms. The number of piperazine rings is 1. The first-order chi connectivity index (χ1) is 9.90. The normalized spacial score (nSPS) is 21.5. The molecule has 6 heteroatoms. The van der Waals surface area contributed by atoms with E-state index < -0.39 is 11.4 Å². The molecule has 1 aliphatic heterocycles. The van der Waals surface area contributed by atoms with Gasteiger partial charge in [-0.05, 0) is 26.7 Å². The summed E-state index contributed by atoms with van der Waals surface area (Å²) in [5, 5.41) is 11.8. The first-order valence-electron chi connectivity index (χ1n) is 7.90. The molecule has 0 atom stereocenters. The maximum atomic E-state index is 12.1. The molecule has 0 aromatic heterocycles. The van der Waals surface area contributed by atoms with Crippen LogP contribution in [-0.4, -0.2) is 65.7 Å². The van der Waals surface area contributed by atoms with Gasteiger partial charge in [0.05, 0.1) is 5.41 Å². The van der Waals surface area contributed by atoms with Crippen LogP contribution in [0.25, 0.3) is 0 Å². The lowest BCUT2D eigenvalue weighted by atomic mass is 9.94. The van der Waals surface area contributed by atoms with Gasteiger partial charge >= 0.3 is 12.0 Å². The number of amides is 2. The zero-order valence-corrected chi connectivity index (χ0v) is 13.1. The number of hydrogen-bond donors (Lipinski definition) is 2. The molecule has 0 bridgehead atoms. The Morgan fingerprint density at radius 3 is 2.24 bits per heavy atom. The van der Waals surface area contributed by atoms with Crippen molar-refractivity contribution in [3.05, 3.63) is 0 Å². The van der Waals surface area contributed by atoms with Gasteiger partial charge in [0.15, 0.2) is 0 Å². The predicted octanol–water partition coefficient (Wildman–Crippen LogP) is 1.37. The molecule has 6 nitrogen and oxygen atoms in total. The van der Waals surface area contributed by atoms with Crippen molar-refractivity contribution in [2.45, 2.75) is 45.6 Å². The highest BCUT2D eigenvalue weighted by Gasteiger charge is 2.30. The Bertz CT molecular complexity index is 384. The minimum absolute atomic E-state index is 0.143. The number of nitrogens with one attached hydrogen (secondary N) is 1. The van der Waals surface area contributed by atoms with Gasteiger partial charge in [0.2, 0.25) is 0 Å². The Balaban J connectivity index is 1.74. The summed E-state index contributed by atoms with van der Waals surface area (Å²) < 4.78 is 0. The quantitative estimate of drug-likeness (QED) is 0.822. The van der Waals surface area contributed by atoms with Gasteiger partial charge in [-0.25, -0.2) is 4.79 Å². The van der Waals surface area contributed by atoms with Crippen molar-refractivity contribution in [2.24, 2.45) is 5.41 Å². The van der Waals surface area contributed by atoms with Crippen LogP contribution in [0, 0.1) is 5.41 Å². The van der Waals surface area contributed by atoms with E-state index in [0.717, 1.165) is 26.2 Å². The average molecular weight is 297 g/mol. The Labute approximate surface area is 126 Å². The molecule has 2 N–H and O–H groups in total. The molecule has 1 saturated carbocycles. The number of hydrogen-bond acceptors (Lipinski definition) is 3. The Hall–Kier alpha value is -1.30. The van der Waals surface area contributed by atoms with Gasteiger partial charge < -0.3 is 15.3 Å². The summed E-state index contributed by atoms with van der Waals surface area (Å²) in [4.78, 5) is 27.4. The van der Waals surface area contributed by atoms with Gasteiger partial charge in [0, 0.05) is 38.8 Å². The lowest BCUT2D eigenvalue weighted by Gasteiger charge is -2.38. The molecule has 1 saturated heterocycles. The SMILES string of the molecule is CC(C)(CNC(=O)N1CCN(C2CCCC2)CC1)C(=O)O. The highest BCUT2D eigenvalue weighted by molar-refractivity contribution is 5.77. The van der Waals surface area contributed by atoms with E-state index in [-0.39, 0.29) is 12.6 Å². The van der Waals surface area contributed by atoms with Gasteiger partial charge in [-0.15, -0.1) is 0 Å². The molecular weight excluding hydrogens is 270 g/mol. The fourth-order valence-electron chi connectivity index (χ4n) is 3.04. The summed E-state index contributed by atoms with van der Waals surface area (Å²) in [6.07, 6.45) is 5.24. The van der Waals surface area contributed by atoms with Crippen molar-refractivity contribution >= 4 is 12.0 Å². The minimum atomic E-state index is -0.929. The van der Waals surface area contributed by atoms with Gasteiger partial charge in [-0.1, -0.05) is 12.8 Å². The number of carboxylic acid groups (broad SMARTS) is 1. The molecule has 2 aliphatic rings. The second kappa shape index (κ2) is 6.64. The molecule has 2 fully saturated rings. The third-order valence-corrected chi connectivity index (χ3v) is 4.70. The fraction of sp³-hybridized carbons (Fsp3) is 0.867. The van der Waals surface area contributed by atoms with E-state index >= 15 is 0 Å². The molecule has 0 aromatic rings.